The summed E-state index contributed by atoms with van der Waals surface area (Å²) >= 11 is 0. The van der Waals surface area contributed by atoms with Gasteiger partial charge >= 0.3 is 6.03 Å². The van der Waals surface area contributed by atoms with Crippen molar-refractivity contribution in [3.63, 3.8) is 0 Å². The fourth-order valence-corrected chi connectivity index (χ4v) is 5.06. The van der Waals surface area contributed by atoms with Gasteiger partial charge in [-0.05, 0) is 43.9 Å². The van der Waals surface area contributed by atoms with Gasteiger partial charge in [-0.25, -0.2) is 9.78 Å². The second-order valence-corrected chi connectivity index (χ2v) is 8.00. The summed E-state index contributed by atoms with van der Waals surface area (Å²) in [5.74, 6) is 1.94. The predicted molar refractivity (Wildman–Crippen MR) is 97.2 cm³/mol. The highest BCUT2D eigenvalue weighted by molar-refractivity contribution is 5.74. The second kappa shape index (κ2) is 7.77. The molecule has 3 fully saturated rings. The van der Waals surface area contributed by atoms with Gasteiger partial charge in [0.1, 0.15) is 0 Å². The number of carbonyl (C=O) groups excluding carboxylic acids is 1. The highest BCUT2D eigenvalue weighted by Gasteiger charge is 2.42. The van der Waals surface area contributed by atoms with Gasteiger partial charge in [0.25, 0.3) is 0 Å². The van der Waals surface area contributed by atoms with Crippen LogP contribution >= 0.6 is 0 Å². The van der Waals surface area contributed by atoms with Crippen molar-refractivity contribution in [3.05, 3.63) is 18.7 Å². The lowest BCUT2D eigenvalue weighted by Gasteiger charge is -2.41. The third kappa shape index (κ3) is 4.00. The molecule has 2 aliphatic carbocycles. The van der Waals surface area contributed by atoms with E-state index in [4.69, 9.17) is 0 Å². The molecule has 1 N–H and O–H groups in total. The normalized spacial score (nSPS) is 29.3. The van der Waals surface area contributed by atoms with Gasteiger partial charge in [0, 0.05) is 57.7 Å². The number of urea groups is 1. The summed E-state index contributed by atoms with van der Waals surface area (Å²) in [5, 5.41) is 3.09. The van der Waals surface area contributed by atoms with Gasteiger partial charge < -0.3 is 14.8 Å². The van der Waals surface area contributed by atoms with Crippen LogP contribution in [0.4, 0.5) is 4.79 Å². The zero-order valence-electron chi connectivity index (χ0n) is 15.1. The van der Waals surface area contributed by atoms with E-state index >= 15 is 0 Å². The number of hydrogen-bond donors (Lipinski definition) is 1. The Hall–Kier alpha value is -1.56. The maximum absolute atomic E-state index is 12.3. The van der Waals surface area contributed by atoms with E-state index in [0.717, 1.165) is 70.0 Å². The van der Waals surface area contributed by atoms with E-state index in [0.29, 0.717) is 0 Å². The van der Waals surface area contributed by atoms with Gasteiger partial charge in [-0.15, -0.1) is 0 Å². The van der Waals surface area contributed by atoms with Crippen molar-refractivity contribution in [1.82, 2.24) is 24.7 Å². The fraction of sp³-hybridized carbons (Fsp3) is 0.789. The number of fused-ring (bicyclic) bond motifs is 2. The molecule has 2 bridgehead atoms. The van der Waals surface area contributed by atoms with Crippen LogP contribution in [0, 0.1) is 11.8 Å². The summed E-state index contributed by atoms with van der Waals surface area (Å²) in [4.78, 5) is 21.0. The number of hydrogen-bond acceptors (Lipinski definition) is 3. The number of aryl methyl sites for hydroxylation is 1. The van der Waals surface area contributed by atoms with Crippen LogP contribution in [0.3, 0.4) is 0 Å². The molecule has 1 aliphatic heterocycles. The Morgan fingerprint density at radius 3 is 2.68 bits per heavy atom. The lowest BCUT2D eigenvalue weighted by molar-refractivity contribution is 0.0827. The van der Waals surface area contributed by atoms with Crippen molar-refractivity contribution in [2.75, 3.05) is 32.7 Å². The van der Waals surface area contributed by atoms with E-state index < -0.39 is 0 Å². The third-order valence-corrected chi connectivity index (χ3v) is 6.45. The Bertz CT molecular complexity index is 552. The summed E-state index contributed by atoms with van der Waals surface area (Å²) in [6.07, 6.45) is 13.5. The Labute approximate surface area is 150 Å². The van der Waals surface area contributed by atoms with Gasteiger partial charge in [-0.3, -0.25) is 4.90 Å². The molecule has 25 heavy (non-hydrogen) atoms. The van der Waals surface area contributed by atoms with Crippen molar-refractivity contribution in [3.8, 4) is 0 Å². The van der Waals surface area contributed by atoms with Crippen LogP contribution in [0.25, 0.3) is 0 Å². The number of aromatic nitrogens is 2. The molecule has 2 amide bonds. The quantitative estimate of drug-likeness (QED) is 0.804. The maximum Gasteiger partial charge on any atom is 0.317 e. The number of nitrogens with one attached hydrogen (secondary N) is 1. The number of nitrogens with zero attached hydrogens (tertiary/aromatic N) is 4. The zero-order valence-corrected chi connectivity index (χ0v) is 15.1. The van der Waals surface area contributed by atoms with E-state index in [-0.39, 0.29) is 6.03 Å². The molecule has 3 unspecified atom stereocenters. The van der Waals surface area contributed by atoms with Crippen LogP contribution in [0.1, 0.15) is 38.5 Å². The summed E-state index contributed by atoms with van der Waals surface area (Å²) < 4.78 is 2.08. The van der Waals surface area contributed by atoms with Crippen molar-refractivity contribution < 1.29 is 4.79 Å². The van der Waals surface area contributed by atoms with Gasteiger partial charge in [-0.2, -0.15) is 0 Å². The van der Waals surface area contributed by atoms with E-state index in [2.05, 4.69) is 19.8 Å². The van der Waals surface area contributed by atoms with Crippen LogP contribution in [-0.2, 0) is 6.54 Å². The topological polar surface area (TPSA) is 53.4 Å². The van der Waals surface area contributed by atoms with Crippen molar-refractivity contribution >= 4 is 6.03 Å². The molecule has 0 spiro atoms. The van der Waals surface area contributed by atoms with Crippen LogP contribution < -0.4 is 5.32 Å². The molecule has 4 rings (SSSR count). The highest BCUT2D eigenvalue weighted by atomic mass is 16.2. The van der Waals surface area contributed by atoms with E-state index in [1.165, 1.54) is 25.7 Å². The van der Waals surface area contributed by atoms with Gasteiger partial charge in [0.05, 0.1) is 6.33 Å². The molecule has 6 nitrogen and oxygen atoms in total. The molecular weight excluding hydrogens is 314 g/mol. The summed E-state index contributed by atoms with van der Waals surface area (Å²) in [6, 6.07) is 0.933. The average molecular weight is 345 g/mol. The molecular formula is C19H31N5O. The van der Waals surface area contributed by atoms with Crippen LogP contribution in [-0.4, -0.2) is 64.1 Å². The number of piperazine rings is 1. The molecule has 0 aromatic carbocycles. The number of imidazole rings is 1. The van der Waals surface area contributed by atoms with Gasteiger partial charge in [0.15, 0.2) is 0 Å². The first kappa shape index (κ1) is 16.9. The first-order chi connectivity index (χ1) is 12.3. The molecule has 138 valence electrons. The highest BCUT2D eigenvalue weighted by Crippen LogP contribution is 2.46. The first-order valence-corrected chi connectivity index (χ1v) is 10.0. The standard InChI is InChI=1S/C19H31N5O/c25-19(21-5-1-2-7-22-8-6-20-15-22)24-11-9-23(10-12-24)18-14-16-3-4-17(18)13-16/h6,8,15-18H,1-5,7,9-14H2,(H,21,25). The molecule has 0 radical (unpaired) electrons. The molecule has 6 heteroatoms. The SMILES string of the molecule is O=C(NCCCCn1ccnc1)N1CCN(C2CC3CCC2C3)CC1. The molecule has 1 saturated heterocycles. The fourth-order valence-electron chi connectivity index (χ4n) is 5.06. The number of amides is 2. The Balaban J connectivity index is 1.11. The molecule has 3 atom stereocenters. The third-order valence-electron chi connectivity index (χ3n) is 6.45. The van der Waals surface area contributed by atoms with Gasteiger partial charge in [-0.1, -0.05) is 6.42 Å². The molecule has 1 aromatic rings. The average Bonchev–Trinajstić information content (AvgIpc) is 3.39. The lowest BCUT2D eigenvalue weighted by atomic mass is 9.93. The van der Waals surface area contributed by atoms with Crippen molar-refractivity contribution in [1.29, 1.82) is 0 Å². The summed E-state index contributed by atoms with van der Waals surface area (Å²) in [7, 11) is 0. The van der Waals surface area contributed by atoms with E-state index in [1.54, 1.807) is 6.20 Å². The molecule has 2 heterocycles. The molecule has 2 saturated carbocycles. The van der Waals surface area contributed by atoms with Crippen LogP contribution in [0.2, 0.25) is 0 Å². The van der Waals surface area contributed by atoms with E-state index in [1.807, 2.05) is 17.4 Å². The minimum atomic E-state index is 0.121. The zero-order chi connectivity index (χ0) is 17.1. The number of rotatable bonds is 6. The van der Waals surface area contributed by atoms with E-state index in [9.17, 15) is 4.79 Å². The number of carbonyl (C=O) groups is 1. The second-order valence-electron chi connectivity index (χ2n) is 8.00. The minimum absolute atomic E-state index is 0.121. The Morgan fingerprint density at radius 1 is 1.12 bits per heavy atom. The Kier molecular flexibility index (Phi) is 5.25. The van der Waals surface area contributed by atoms with Gasteiger partial charge in [0.2, 0.25) is 0 Å². The monoisotopic (exact) mass is 345 g/mol. The lowest BCUT2D eigenvalue weighted by Crippen LogP contribution is -2.55. The van der Waals surface area contributed by atoms with Crippen LogP contribution in [0.15, 0.2) is 18.7 Å². The number of unbranched alkanes of at least 4 members (excludes halogenated alkanes) is 1. The minimum Gasteiger partial charge on any atom is -0.338 e. The smallest absolute Gasteiger partial charge is 0.317 e. The summed E-state index contributed by atoms with van der Waals surface area (Å²) in [5.41, 5.74) is 0. The Morgan fingerprint density at radius 2 is 2.00 bits per heavy atom. The predicted octanol–water partition coefficient (Wildman–Crippen LogP) is 2.18. The largest absolute Gasteiger partial charge is 0.338 e. The summed E-state index contributed by atoms with van der Waals surface area (Å²) in [6.45, 7) is 5.62. The van der Waals surface area contributed by atoms with Crippen molar-refractivity contribution in [2.45, 2.75) is 51.1 Å². The van der Waals surface area contributed by atoms with Crippen LogP contribution in [0.5, 0.6) is 0 Å². The first-order valence-electron chi connectivity index (χ1n) is 10.0. The maximum atomic E-state index is 12.3. The van der Waals surface area contributed by atoms with Crippen molar-refractivity contribution in [2.24, 2.45) is 11.8 Å². The molecule has 1 aromatic heterocycles. The molecule has 3 aliphatic rings.